The highest BCUT2D eigenvalue weighted by Crippen LogP contribution is 2.37. The largest absolute Gasteiger partial charge is 0.497 e. The molecule has 0 bridgehead atoms. The Morgan fingerprint density at radius 1 is 1.08 bits per heavy atom. The third-order valence-electron chi connectivity index (χ3n) is 5.03. The molecule has 0 heterocycles. The van der Waals surface area contributed by atoms with Gasteiger partial charge < -0.3 is 13.9 Å². The van der Waals surface area contributed by atoms with Crippen LogP contribution in [0.15, 0.2) is 36.4 Å². The molecule has 0 aliphatic heterocycles. The first-order chi connectivity index (χ1) is 12.2. The van der Waals surface area contributed by atoms with Crippen molar-refractivity contribution in [2.75, 3.05) is 13.7 Å². The fourth-order valence-corrected chi connectivity index (χ4v) is 3.71. The van der Waals surface area contributed by atoms with Crippen molar-refractivity contribution in [2.45, 2.75) is 77.8 Å². The maximum Gasteiger partial charge on any atom is 0.192 e. The van der Waals surface area contributed by atoms with Crippen molar-refractivity contribution in [3.63, 3.8) is 0 Å². The minimum atomic E-state index is -1.67. The fraction of sp³-hybridized carbons (Fsp3) is 0.636. The molecule has 0 N–H and O–H groups in total. The van der Waals surface area contributed by atoms with Crippen LogP contribution in [0.1, 0.15) is 52.5 Å². The number of ether oxygens (including phenoxy) is 2. The second-order valence-electron chi connectivity index (χ2n) is 8.41. The number of rotatable bonds is 11. The Morgan fingerprint density at radius 3 is 2.31 bits per heavy atom. The molecule has 0 saturated heterocycles. The van der Waals surface area contributed by atoms with Gasteiger partial charge in [0.15, 0.2) is 8.32 Å². The lowest BCUT2D eigenvalue weighted by molar-refractivity contribution is 0.117. The molecule has 4 heteroatoms. The van der Waals surface area contributed by atoms with Gasteiger partial charge in [-0.05, 0) is 62.0 Å². The quantitative estimate of drug-likeness (QED) is 0.255. The zero-order chi connectivity index (χ0) is 19.6. The normalized spacial score (nSPS) is 14.0. The molecular formula is C22H38O3Si. The maximum absolute atomic E-state index is 6.33. The predicted molar refractivity (Wildman–Crippen MR) is 113 cm³/mol. The van der Waals surface area contributed by atoms with E-state index in [1.54, 1.807) is 7.11 Å². The molecule has 0 aliphatic rings. The number of hydrogen-bond donors (Lipinski definition) is 0. The lowest BCUT2D eigenvalue weighted by Gasteiger charge is -2.37. The first kappa shape index (κ1) is 22.9. The summed E-state index contributed by atoms with van der Waals surface area (Å²) in [5, 5.41) is 0.260. The Bertz CT molecular complexity index is 529. The molecule has 0 saturated carbocycles. The van der Waals surface area contributed by atoms with E-state index in [1.165, 1.54) is 5.56 Å². The van der Waals surface area contributed by atoms with E-state index in [9.17, 15) is 0 Å². The number of unbranched alkanes of at least 4 members (excludes halogenated alkanes) is 2. The molecule has 0 aromatic heterocycles. The second kappa shape index (κ2) is 10.9. The maximum atomic E-state index is 6.33. The molecule has 0 amide bonds. The first-order valence-corrected chi connectivity index (χ1v) is 12.6. The van der Waals surface area contributed by atoms with Crippen LogP contribution in [-0.4, -0.2) is 28.1 Å². The van der Waals surface area contributed by atoms with Crippen LogP contribution in [0.25, 0.3) is 0 Å². The van der Waals surface area contributed by atoms with Crippen molar-refractivity contribution in [3.05, 3.63) is 42.0 Å². The molecule has 0 aliphatic carbocycles. The summed E-state index contributed by atoms with van der Waals surface area (Å²) in [7, 11) is 0.00919. The standard InChI is InChI=1S/C22H38O3Si/c1-19(25-26(6,7)22(2,3)4)12-10-8-9-11-17-24-18-20-13-15-21(23-5)16-14-20/h10,12-16,19H,8-9,11,17-18H2,1-7H3/b12-10-/t19-/m1/s1. The molecule has 3 nitrogen and oxygen atoms in total. The molecule has 1 rings (SSSR count). The first-order valence-electron chi connectivity index (χ1n) is 9.71. The van der Waals surface area contributed by atoms with Gasteiger partial charge in [0.2, 0.25) is 0 Å². The van der Waals surface area contributed by atoms with Gasteiger partial charge in [0.1, 0.15) is 5.75 Å². The van der Waals surface area contributed by atoms with Crippen LogP contribution in [-0.2, 0) is 15.8 Å². The van der Waals surface area contributed by atoms with Gasteiger partial charge in [0.05, 0.1) is 19.8 Å². The van der Waals surface area contributed by atoms with Crippen LogP contribution in [0.5, 0.6) is 5.75 Å². The summed E-state index contributed by atoms with van der Waals surface area (Å²) in [5.41, 5.74) is 1.18. The Morgan fingerprint density at radius 2 is 1.73 bits per heavy atom. The third-order valence-corrected chi connectivity index (χ3v) is 9.60. The topological polar surface area (TPSA) is 27.7 Å². The summed E-state index contributed by atoms with van der Waals surface area (Å²) in [6, 6.07) is 8.03. The molecule has 1 aromatic carbocycles. The Labute approximate surface area is 161 Å². The lowest BCUT2D eigenvalue weighted by atomic mass is 10.2. The summed E-state index contributed by atoms with van der Waals surface area (Å²) < 4.78 is 17.2. The summed E-state index contributed by atoms with van der Waals surface area (Å²) in [6.07, 6.45) is 7.96. The fourth-order valence-electron chi connectivity index (χ4n) is 2.35. The molecule has 148 valence electrons. The molecule has 0 fully saturated rings. The summed E-state index contributed by atoms with van der Waals surface area (Å²) in [6.45, 7) is 15.1. The van der Waals surface area contributed by atoms with Gasteiger partial charge in [-0.2, -0.15) is 0 Å². The SMILES string of the molecule is COc1ccc(COCCCC/C=C\[C@@H](C)O[Si](C)(C)C(C)(C)C)cc1. The number of benzene rings is 1. The van der Waals surface area contributed by atoms with Crippen LogP contribution < -0.4 is 4.74 Å². The monoisotopic (exact) mass is 378 g/mol. The molecular weight excluding hydrogens is 340 g/mol. The third kappa shape index (κ3) is 8.52. The van der Waals surface area contributed by atoms with Gasteiger partial charge in [-0.3, -0.25) is 0 Å². The minimum Gasteiger partial charge on any atom is -0.497 e. The van der Waals surface area contributed by atoms with E-state index < -0.39 is 8.32 Å². The average molecular weight is 379 g/mol. The summed E-state index contributed by atoms with van der Waals surface area (Å²) in [4.78, 5) is 0. The van der Waals surface area contributed by atoms with Gasteiger partial charge in [0.25, 0.3) is 0 Å². The molecule has 1 atom stereocenters. The van der Waals surface area contributed by atoms with Crippen molar-refractivity contribution in [2.24, 2.45) is 0 Å². The molecule has 1 aromatic rings. The predicted octanol–water partition coefficient (Wildman–Crippen LogP) is 6.35. The van der Waals surface area contributed by atoms with E-state index in [2.05, 4.69) is 52.9 Å². The number of allylic oxidation sites excluding steroid dienone is 1. The van der Waals surface area contributed by atoms with E-state index in [1.807, 2.05) is 24.3 Å². The van der Waals surface area contributed by atoms with E-state index in [-0.39, 0.29) is 11.1 Å². The minimum absolute atomic E-state index is 0.196. The Balaban J connectivity index is 2.13. The average Bonchev–Trinajstić information content (AvgIpc) is 2.56. The van der Waals surface area contributed by atoms with Gasteiger partial charge in [-0.25, -0.2) is 0 Å². The van der Waals surface area contributed by atoms with Crippen LogP contribution in [0.2, 0.25) is 18.1 Å². The number of hydrogen-bond acceptors (Lipinski definition) is 3. The van der Waals surface area contributed by atoms with E-state index in [0.717, 1.165) is 31.6 Å². The van der Waals surface area contributed by atoms with Gasteiger partial charge >= 0.3 is 0 Å². The molecule has 0 unspecified atom stereocenters. The van der Waals surface area contributed by atoms with Crippen molar-refractivity contribution >= 4 is 8.32 Å². The zero-order valence-corrected chi connectivity index (χ0v) is 18.8. The van der Waals surface area contributed by atoms with E-state index >= 15 is 0 Å². The summed E-state index contributed by atoms with van der Waals surface area (Å²) >= 11 is 0. The van der Waals surface area contributed by atoms with Gasteiger partial charge in [-0.15, -0.1) is 0 Å². The molecule has 26 heavy (non-hydrogen) atoms. The van der Waals surface area contributed by atoms with Crippen LogP contribution in [0, 0.1) is 0 Å². The van der Waals surface area contributed by atoms with Gasteiger partial charge in [-0.1, -0.05) is 45.1 Å². The van der Waals surface area contributed by atoms with E-state index in [4.69, 9.17) is 13.9 Å². The molecule has 0 spiro atoms. The summed E-state index contributed by atoms with van der Waals surface area (Å²) in [5.74, 6) is 0.882. The van der Waals surface area contributed by atoms with Crippen LogP contribution >= 0.6 is 0 Å². The smallest absolute Gasteiger partial charge is 0.192 e. The van der Waals surface area contributed by atoms with Crippen LogP contribution in [0.3, 0.4) is 0 Å². The van der Waals surface area contributed by atoms with Crippen molar-refractivity contribution in [1.82, 2.24) is 0 Å². The van der Waals surface area contributed by atoms with Crippen molar-refractivity contribution < 1.29 is 13.9 Å². The highest BCUT2D eigenvalue weighted by atomic mass is 28.4. The zero-order valence-electron chi connectivity index (χ0n) is 17.8. The van der Waals surface area contributed by atoms with Crippen LogP contribution in [0.4, 0.5) is 0 Å². The number of methoxy groups -OCH3 is 1. The van der Waals surface area contributed by atoms with Crippen molar-refractivity contribution in [1.29, 1.82) is 0 Å². The highest BCUT2D eigenvalue weighted by molar-refractivity contribution is 6.74. The Kier molecular flexibility index (Phi) is 9.62. The lowest BCUT2D eigenvalue weighted by Crippen LogP contribution is -2.42. The second-order valence-corrected chi connectivity index (χ2v) is 13.2. The highest BCUT2D eigenvalue weighted by Gasteiger charge is 2.37. The van der Waals surface area contributed by atoms with Gasteiger partial charge in [0, 0.05) is 6.61 Å². The Hall–Kier alpha value is -1.10. The van der Waals surface area contributed by atoms with Crippen molar-refractivity contribution in [3.8, 4) is 5.75 Å². The molecule has 0 radical (unpaired) electrons. The van der Waals surface area contributed by atoms with E-state index in [0.29, 0.717) is 6.61 Å².